The molecule has 2 aromatic carbocycles. The summed E-state index contributed by atoms with van der Waals surface area (Å²) in [4.78, 5) is 11.5. The molecule has 0 saturated carbocycles. The minimum absolute atomic E-state index is 0.126. The Morgan fingerprint density at radius 3 is 2.48 bits per heavy atom. The van der Waals surface area contributed by atoms with E-state index < -0.39 is 5.97 Å². The summed E-state index contributed by atoms with van der Waals surface area (Å²) in [7, 11) is 1.60. The minimum Gasteiger partial charge on any atom is -0.497 e. The molecule has 0 saturated heterocycles. The third-order valence-electron chi connectivity index (χ3n) is 3.56. The van der Waals surface area contributed by atoms with Crippen LogP contribution >= 0.6 is 0 Å². The van der Waals surface area contributed by atoms with Crippen LogP contribution in [0.1, 0.15) is 16.1 Å². The molecule has 0 radical (unpaired) electrons. The number of ether oxygens (including phenoxy) is 1. The van der Waals surface area contributed by atoms with E-state index in [0.717, 1.165) is 22.6 Å². The Bertz CT molecular complexity index is 851. The zero-order chi connectivity index (χ0) is 16.4. The summed E-state index contributed by atoms with van der Waals surface area (Å²) < 4.78 is 6.59. The smallest absolute Gasteiger partial charge is 0.354 e. The maximum atomic E-state index is 11.5. The van der Waals surface area contributed by atoms with Crippen molar-refractivity contribution in [1.82, 2.24) is 9.78 Å². The first-order chi connectivity index (χ1) is 11.1. The molecule has 1 heterocycles. The second kappa shape index (κ2) is 5.96. The average molecular weight is 308 g/mol. The van der Waals surface area contributed by atoms with Crippen molar-refractivity contribution in [2.45, 2.75) is 6.92 Å². The lowest BCUT2D eigenvalue weighted by Gasteiger charge is -2.05. The summed E-state index contributed by atoms with van der Waals surface area (Å²) in [5.41, 5.74) is 3.33. The van der Waals surface area contributed by atoms with Crippen molar-refractivity contribution in [3.8, 4) is 22.7 Å². The van der Waals surface area contributed by atoms with Crippen LogP contribution in [0.25, 0.3) is 16.9 Å². The van der Waals surface area contributed by atoms with Crippen LogP contribution < -0.4 is 4.74 Å². The Morgan fingerprint density at radius 2 is 1.87 bits per heavy atom. The second-order valence-electron chi connectivity index (χ2n) is 5.20. The maximum absolute atomic E-state index is 11.5. The molecule has 0 unspecified atom stereocenters. The molecule has 0 aliphatic carbocycles. The van der Waals surface area contributed by atoms with E-state index in [2.05, 4.69) is 5.10 Å². The molecule has 0 bridgehead atoms. The van der Waals surface area contributed by atoms with Gasteiger partial charge < -0.3 is 9.84 Å². The van der Waals surface area contributed by atoms with Crippen molar-refractivity contribution in [3.63, 3.8) is 0 Å². The van der Waals surface area contributed by atoms with Crippen molar-refractivity contribution in [1.29, 1.82) is 0 Å². The first kappa shape index (κ1) is 14.8. The van der Waals surface area contributed by atoms with Gasteiger partial charge >= 0.3 is 5.97 Å². The number of hydrogen-bond acceptors (Lipinski definition) is 3. The number of methoxy groups -OCH3 is 1. The van der Waals surface area contributed by atoms with E-state index in [4.69, 9.17) is 4.74 Å². The fraction of sp³-hybridized carbons (Fsp3) is 0.111. The zero-order valence-electron chi connectivity index (χ0n) is 12.9. The average Bonchev–Trinajstić information content (AvgIpc) is 3.00. The van der Waals surface area contributed by atoms with Gasteiger partial charge in [0.1, 0.15) is 5.75 Å². The van der Waals surface area contributed by atoms with Gasteiger partial charge in [-0.2, -0.15) is 5.10 Å². The standard InChI is InChI=1S/C18H16N2O3/c1-12-4-3-5-14(10-12)20-17(18(21)22)11-16(19-20)13-6-8-15(23-2)9-7-13/h3-11H,1-2H3,(H,21,22). The van der Waals surface area contributed by atoms with Crippen molar-refractivity contribution < 1.29 is 14.6 Å². The molecule has 0 fully saturated rings. The zero-order valence-corrected chi connectivity index (χ0v) is 12.9. The number of carbonyl (C=O) groups is 1. The van der Waals surface area contributed by atoms with Gasteiger partial charge in [-0.3, -0.25) is 0 Å². The number of aromatic carboxylic acids is 1. The Morgan fingerprint density at radius 1 is 1.13 bits per heavy atom. The van der Waals surface area contributed by atoms with E-state index in [1.807, 2.05) is 55.5 Å². The van der Waals surface area contributed by atoms with Crippen LogP contribution in [0.2, 0.25) is 0 Å². The SMILES string of the molecule is COc1ccc(-c2cc(C(=O)O)n(-c3cccc(C)c3)n2)cc1. The van der Waals surface area contributed by atoms with Crippen molar-refractivity contribution >= 4 is 5.97 Å². The van der Waals surface area contributed by atoms with Crippen LogP contribution in [0.15, 0.2) is 54.6 Å². The summed E-state index contributed by atoms with van der Waals surface area (Å²) >= 11 is 0. The lowest BCUT2D eigenvalue weighted by Crippen LogP contribution is -2.07. The Balaban J connectivity index is 2.10. The molecular formula is C18H16N2O3. The van der Waals surface area contributed by atoms with E-state index in [1.165, 1.54) is 4.68 Å². The number of carboxylic acids is 1. The van der Waals surface area contributed by atoms with E-state index in [1.54, 1.807) is 13.2 Å². The molecule has 1 N–H and O–H groups in total. The molecule has 0 aliphatic heterocycles. The van der Waals surface area contributed by atoms with Crippen molar-refractivity contribution in [3.05, 3.63) is 65.9 Å². The third-order valence-corrected chi connectivity index (χ3v) is 3.56. The van der Waals surface area contributed by atoms with Gasteiger partial charge in [-0.1, -0.05) is 12.1 Å². The molecule has 0 aliphatic rings. The van der Waals surface area contributed by atoms with Crippen LogP contribution in [0, 0.1) is 6.92 Å². The summed E-state index contributed by atoms with van der Waals surface area (Å²) in [6, 6.07) is 16.5. The number of benzene rings is 2. The number of hydrogen-bond donors (Lipinski definition) is 1. The van der Waals surface area contributed by atoms with Gasteiger partial charge in [-0.15, -0.1) is 0 Å². The quantitative estimate of drug-likeness (QED) is 0.800. The molecule has 5 heteroatoms. The highest BCUT2D eigenvalue weighted by molar-refractivity contribution is 5.88. The Labute approximate surface area is 133 Å². The number of aromatic nitrogens is 2. The first-order valence-corrected chi connectivity index (χ1v) is 7.13. The van der Waals surface area contributed by atoms with Crippen LogP contribution in [-0.4, -0.2) is 28.0 Å². The molecular weight excluding hydrogens is 292 g/mol. The molecule has 3 rings (SSSR count). The normalized spacial score (nSPS) is 10.5. The maximum Gasteiger partial charge on any atom is 0.354 e. The highest BCUT2D eigenvalue weighted by Gasteiger charge is 2.16. The molecule has 1 aromatic heterocycles. The van der Waals surface area contributed by atoms with Gasteiger partial charge in [0.15, 0.2) is 5.69 Å². The van der Waals surface area contributed by atoms with Crippen LogP contribution in [0.5, 0.6) is 5.75 Å². The van der Waals surface area contributed by atoms with Gasteiger partial charge in [0, 0.05) is 5.56 Å². The lowest BCUT2D eigenvalue weighted by molar-refractivity contribution is 0.0687. The topological polar surface area (TPSA) is 64.3 Å². The molecule has 23 heavy (non-hydrogen) atoms. The fourth-order valence-electron chi connectivity index (χ4n) is 2.39. The molecule has 116 valence electrons. The number of rotatable bonds is 4. The minimum atomic E-state index is -1.02. The van der Waals surface area contributed by atoms with E-state index in [9.17, 15) is 9.90 Å². The van der Waals surface area contributed by atoms with Crippen LogP contribution in [0.3, 0.4) is 0 Å². The van der Waals surface area contributed by atoms with Crippen molar-refractivity contribution in [2.75, 3.05) is 7.11 Å². The van der Waals surface area contributed by atoms with Gasteiger partial charge in [-0.25, -0.2) is 9.48 Å². The lowest BCUT2D eigenvalue weighted by atomic mass is 10.1. The molecule has 5 nitrogen and oxygen atoms in total. The number of nitrogens with zero attached hydrogens (tertiary/aromatic N) is 2. The fourth-order valence-corrected chi connectivity index (χ4v) is 2.39. The molecule has 0 amide bonds. The first-order valence-electron chi connectivity index (χ1n) is 7.13. The Hall–Kier alpha value is -3.08. The Kier molecular flexibility index (Phi) is 3.85. The largest absolute Gasteiger partial charge is 0.497 e. The monoisotopic (exact) mass is 308 g/mol. The van der Waals surface area contributed by atoms with Gasteiger partial charge in [0.2, 0.25) is 0 Å². The van der Waals surface area contributed by atoms with E-state index in [-0.39, 0.29) is 5.69 Å². The van der Waals surface area contributed by atoms with Crippen LogP contribution in [-0.2, 0) is 0 Å². The summed E-state index contributed by atoms with van der Waals surface area (Å²) in [5, 5.41) is 13.9. The summed E-state index contributed by atoms with van der Waals surface area (Å²) in [6.07, 6.45) is 0. The highest BCUT2D eigenvalue weighted by atomic mass is 16.5. The highest BCUT2D eigenvalue weighted by Crippen LogP contribution is 2.24. The summed E-state index contributed by atoms with van der Waals surface area (Å²) in [6.45, 7) is 1.96. The van der Waals surface area contributed by atoms with Gasteiger partial charge in [0.25, 0.3) is 0 Å². The van der Waals surface area contributed by atoms with Crippen molar-refractivity contribution in [2.24, 2.45) is 0 Å². The molecule has 0 spiro atoms. The van der Waals surface area contributed by atoms with Gasteiger partial charge in [0.05, 0.1) is 18.5 Å². The number of aryl methyl sites for hydroxylation is 1. The third kappa shape index (κ3) is 2.94. The number of carboxylic acid groups (broad SMARTS) is 1. The van der Waals surface area contributed by atoms with Crippen LogP contribution in [0.4, 0.5) is 0 Å². The predicted molar refractivity (Wildman–Crippen MR) is 87.2 cm³/mol. The molecule has 0 atom stereocenters. The van der Waals surface area contributed by atoms with Gasteiger partial charge in [-0.05, 0) is 55.0 Å². The van der Waals surface area contributed by atoms with E-state index in [0.29, 0.717) is 5.69 Å². The predicted octanol–water partition coefficient (Wildman–Crippen LogP) is 3.55. The van der Waals surface area contributed by atoms with E-state index >= 15 is 0 Å². The molecule has 3 aromatic rings. The second-order valence-corrected chi connectivity index (χ2v) is 5.20. The summed E-state index contributed by atoms with van der Waals surface area (Å²) in [5.74, 6) is -0.274.